The molecule has 1 aliphatic heterocycles. The highest BCUT2D eigenvalue weighted by Crippen LogP contribution is 2.31. The van der Waals surface area contributed by atoms with E-state index in [0.717, 1.165) is 31.6 Å². The van der Waals surface area contributed by atoms with Crippen LogP contribution in [0.1, 0.15) is 57.8 Å². The third kappa shape index (κ3) is 3.47. The van der Waals surface area contributed by atoms with Crippen molar-refractivity contribution in [2.45, 2.75) is 69.1 Å². The number of sulfone groups is 1. The van der Waals surface area contributed by atoms with Crippen LogP contribution in [0.3, 0.4) is 0 Å². The fourth-order valence-electron chi connectivity index (χ4n) is 3.67. The number of hydrogen-bond acceptors (Lipinski definition) is 3. The Morgan fingerprint density at radius 2 is 1.72 bits per heavy atom. The fraction of sp³-hybridized carbons (Fsp3) is 1.00. The molecule has 1 N–H and O–H groups in total. The van der Waals surface area contributed by atoms with Gasteiger partial charge in [-0.25, -0.2) is 8.42 Å². The van der Waals surface area contributed by atoms with Gasteiger partial charge in [-0.15, -0.1) is 0 Å². The van der Waals surface area contributed by atoms with Crippen molar-refractivity contribution < 1.29 is 8.42 Å². The highest BCUT2D eigenvalue weighted by atomic mass is 32.2. The summed E-state index contributed by atoms with van der Waals surface area (Å²) in [4.78, 5) is 0. The molecule has 0 radical (unpaired) electrons. The molecule has 0 bridgehead atoms. The molecule has 18 heavy (non-hydrogen) atoms. The molecule has 2 unspecified atom stereocenters. The van der Waals surface area contributed by atoms with Gasteiger partial charge in [0.25, 0.3) is 0 Å². The quantitative estimate of drug-likeness (QED) is 0.856. The Labute approximate surface area is 112 Å². The molecule has 1 heterocycles. The minimum absolute atomic E-state index is 0.127. The maximum Gasteiger partial charge on any atom is 0.154 e. The van der Waals surface area contributed by atoms with Crippen molar-refractivity contribution in [1.82, 2.24) is 5.32 Å². The summed E-state index contributed by atoms with van der Waals surface area (Å²) in [5.41, 5.74) is 0. The first-order chi connectivity index (χ1) is 8.63. The average molecular weight is 273 g/mol. The molecule has 2 fully saturated rings. The van der Waals surface area contributed by atoms with E-state index < -0.39 is 9.84 Å². The monoisotopic (exact) mass is 273 g/mol. The topological polar surface area (TPSA) is 46.2 Å². The van der Waals surface area contributed by atoms with E-state index in [9.17, 15) is 8.42 Å². The summed E-state index contributed by atoms with van der Waals surface area (Å²) in [6, 6.07) is 0.179. The molecular weight excluding hydrogens is 246 g/mol. The first-order valence-electron chi connectivity index (χ1n) is 7.52. The SMILES string of the molecule is CNC(CC1CCCCC1)C1CCCCS1(=O)=O. The number of hydrogen-bond donors (Lipinski definition) is 1. The maximum absolute atomic E-state index is 12.2. The normalized spacial score (nSPS) is 31.1. The Balaban J connectivity index is 1.98. The second-order valence-corrected chi connectivity index (χ2v) is 8.38. The van der Waals surface area contributed by atoms with Crippen molar-refractivity contribution in [2.24, 2.45) is 5.92 Å². The van der Waals surface area contributed by atoms with Crippen LogP contribution in [0, 0.1) is 5.92 Å². The Morgan fingerprint density at radius 1 is 1.06 bits per heavy atom. The van der Waals surface area contributed by atoms with Crippen molar-refractivity contribution >= 4 is 9.84 Å². The van der Waals surface area contributed by atoms with E-state index in [0.29, 0.717) is 5.75 Å². The number of rotatable bonds is 4. The molecule has 2 aliphatic rings. The van der Waals surface area contributed by atoms with Crippen LogP contribution >= 0.6 is 0 Å². The predicted octanol–water partition coefficient (Wildman–Crippen LogP) is 2.51. The Kier molecular flexibility index (Phi) is 5.07. The Bertz CT molecular complexity index is 347. The molecule has 1 saturated heterocycles. The van der Waals surface area contributed by atoms with Gasteiger partial charge in [0.15, 0.2) is 9.84 Å². The van der Waals surface area contributed by atoms with E-state index in [1.54, 1.807) is 0 Å². The zero-order valence-electron chi connectivity index (χ0n) is 11.5. The Hall–Kier alpha value is -0.0900. The molecule has 106 valence electrons. The molecule has 0 spiro atoms. The van der Waals surface area contributed by atoms with Crippen molar-refractivity contribution in [2.75, 3.05) is 12.8 Å². The Morgan fingerprint density at radius 3 is 2.33 bits per heavy atom. The molecule has 3 nitrogen and oxygen atoms in total. The van der Waals surface area contributed by atoms with Gasteiger partial charge in [-0.3, -0.25) is 0 Å². The molecule has 2 atom stereocenters. The van der Waals surface area contributed by atoms with Crippen LogP contribution in [0.5, 0.6) is 0 Å². The van der Waals surface area contributed by atoms with Crippen LogP contribution in [-0.2, 0) is 9.84 Å². The predicted molar refractivity (Wildman–Crippen MR) is 75.5 cm³/mol. The highest BCUT2D eigenvalue weighted by Gasteiger charge is 2.35. The molecule has 0 aromatic carbocycles. The highest BCUT2D eigenvalue weighted by molar-refractivity contribution is 7.92. The van der Waals surface area contributed by atoms with Gasteiger partial charge in [-0.05, 0) is 32.2 Å². The van der Waals surface area contributed by atoms with Crippen LogP contribution in [-0.4, -0.2) is 32.5 Å². The molecule has 0 aromatic heterocycles. The second kappa shape index (κ2) is 6.38. The van der Waals surface area contributed by atoms with Crippen LogP contribution in [0.2, 0.25) is 0 Å². The summed E-state index contributed by atoms with van der Waals surface area (Å²) >= 11 is 0. The molecule has 2 rings (SSSR count). The van der Waals surface area contributed by atoms with E-state index >= 15 is 0 Å². The first-order valence-corrected chi connectivity index (χ1v) is 9.24. The summed E-state index contributed by atoms with van der Waals surface area (Å²) in [6.45, 7) is 0. The van der Waals surface area contributed by atoms with Gasteiger partial charge in [-0.2, -0.15) is 0 Å². The summed E-state index contributed by atoms with van der Waals surface area (Å²) < 4.78 is 24.4. The largest absolute Gasteiger partial charge is 0.316 e. The van der Waals surface area contributed by atoms with Gasteiger partial charge >= 0.3 is 0 Å². The van der Waals surface area contributed by atoms with Gasteiger partial charge < -0.3 is 5.32 Å². The molecule has 1 saturated carbocycles. The van der Waals surface area contributed by atoms with E-state index in [-0.39, 0.29) is 11.3 Å². The summed E-state index contributed by atoms with van der Waals surface area (Å²) in [5, 5.41) is 3.17. The van der Waals surface area contributed by atoms with Crippen LogP contribution in [0.25, 0.3) is 0 Å². The van der Waals surface area contributed by atoms with Crippen molar-refractivity contribution in [3.05, 3.63) is 0 Å². The van der Waals surface area contributed by atoms with Crippen LogP contribution in [0.15, 0.2) is 0 Å². The lowest BCUT2D eigenvalue weighted by atomic mass is 9.83. The van der Waals surface area contributed by atoms with Gasteiger partial charge in [0, 0.05) is 6.04 Å². The van der Waals surface area contributed by atoms with Crippen LogP contribution in [0.4, 0.5) is 0 Å². The second-order valence-electron chi connectivity index (χ2n) is 6.04. The molecule has 0 aromatic rings. The van der Waals surface area contributed by atoms with E-state index in [2.05, 4.69) is 5.32 Å². The van der Waals surface area contributed by atoms with E-state index in [4.69, 9.17) is 0 Å². The van der Waals surface area contributed by atoms with Crippen molar-refractivity contribution in [3.8, 4) is 0 Å². The lowest BCUT2D eigenvalue weighted by Gasteiger charge is -2.33. The maximum atomic E-state index is 12.2. The third-order valence-electron chi connectivity index (χ3n) is 4.76. The zero-order valence-corrected chi connectivity index (χ0v) is 12.3. The minimum atomic E-state index is -2.85. The fourth-order valence-corrected chi connectivity index (χ4v) is 5.85. The number of nitrogens with one attached hydrogen (secondary N) is 1. The first kappa shape index (κ1) is 14.3. The molecule has 4 heteroatoms. The lowest BCUT2D eigenvalue weighted by molar-refractivity contribution is 0.293. The van der Waals surface area contributed by atoms with E-state index in [1.165, 1.54) is 32.1 Å². The standard InChI is InChI=1S/C14H27NO2S/c1-15-13(11-12-7-3-2-4-8-12)14-9-5-6-10-18(14,16)17/h12-15H,2-11H2,1H3. The van der Waals surface area contributed by atoms with Gasteiger partial charge in [0.05, 0.1) is 11.0 Å². The minimum Gasteiger partial charge on any atom is -0.316 e. The van der Waals surface area contributed by atoms with Gasteiger partial charge in [0.1, 0.15) is 0 Å². The average Bonchev–Trinajstić information content (AvgIpc) is 2.37. The lowest BCUT2D eigenvalue weighted by Crippen LogP contribution is -2.46. The summed E-state index contributed by atoms with van der Waals surface area (Å²) in [7, 11) is -0.920. The molecule has 1 aliphatic carbocycles. The summed E-state index contributed by atoms with van der Waals surface area (Å²) in [6.07, 6.45) is 10.5. The third-order valence-corrected chi connectivity index (χ3v) is 7.10. The molecule has 0 amide bonds. The van der Waals surface area contributed by atoms with Gasteiger partial charge in [0.2, 0.25) is 0 Å². The van der Waals surface area contributed by atoms with Crippen molar-refractivity contribution in [1.29, 1.82) is 0 Å². The van der Waals surface area contributed by atoms with Gasteiger partial charge in [-0.1, -0.05) is 38.5 Å². The molecular formula is C14H27NO2S. The van der Waals surface area contributed by atoms with Crippen molar-refractivity contribution in [3.63, 3.8) is 0 Å². The zero-order chi connectivity index (χ0) is 13.0. The van der Waals surface area contributed by atoms with E-state index in [1.807, 2.05) is 7.05 Å². The smallest absolute Gasteiger partial charge is 0.154 e. The van der Waals surface area contributed by atoms with Crippen LogP contribution < -0.4 is 5.32 Å². The summed E-state index contributed by atoms with van der Waals surface area (Å²) in [5.74, 6) is 1.15.